The molecule has 0 bridgehead atoms. The third-order valence-electron chi connectivity index (χ3n) is 6.61. The van der Waals surface area contributed by atoms with Gasteiger partial charge in [-0.15, -0.1) is 0 Å². The number of phenols is 1. The highest BCUT2D eigenvalue weighted by molar-refractivity contribution is 5.67. The molecule has 3 rings (SSSR count). The van der Waals surface area contributed by atoms with Gasteiger partial charge in [0.25, 0.3) is 0 Å². The third kappa shape index (κ3) is 11.3. The predicted molar refractivity (Wildman–Crippen MR) is 176 cm³/mol. The van der Waals surface area contributed by atoms with Crippen molar-refractivity contribution in [1.29, 1.82) is 0 Å². The van der Waals surface area contributed by atoms with Crippen LogP contribution in [0, 0.1) is 0 Å². The van der Waals surface area contributed by atoms with Gasteiger partial charge in [-0.05, 0) is 59.7 Å². The van der Waals surface area contributed by atoms with Crippen molar-refractivity contribution in [2.45, 2.75) is 33.0 Å². The number of esters is 3. The fourth-order valence-electron chi connectivity index (χ4n) is 4.38. The lowest BCUT2D eigenvalue weighted by Crippen LogP contribution is -2.34. The van der Waals surface area contributed by atoms with Crippen molar-refractivity contribution in [3.8, 4) is 34.5 Å². The van der Waals surface area contributed by atoms with E-state index in [0.717, 1.165) is 11.1 Å². The van der Waals surface area contributed by atoms with E-state index < -0.39 is 18.2 Å². The Bertz CT molecular complexity index is 1610. The van der Waals surface area contributed by atoms with Crippen LogP contribution in [-0.4, -0.2) is 70.3 Å². The van der Waals surface area contributed by atoms with Gasteiger partial charge in [0.1, 0.15) is 19.8 Å². The van der Waals surface area contributed by atoms with Crippen molar-refractivity contribution in [1.82, 2.24) is 0 Å². The standard InChI is InChI=1S/C36H40O12/c1-23(37)44-17-7-9-26-11-15-30(33(19-26)42-5)47-35(22-46-25(3)39)36(28-13-14-29(40)32(21-28)41-4)48-31-16-12-27(20-34(31)43-6)10-8-18-45-24(2)38/h7-16,19-21,35-36,40H,17-18,22H2,1-6H3/b9-7+,10-8+/t35-,36-/m0/s1. The molecule has 3 aromatic rings. The molecule has 1 N–H and O–H groups in total. The second-order valence-corrected chi connectivity index (χ2v) is 10.2. The minimum Gasteiger partial charge on any atom is -0.504 e. The van der Waals surface area contributed by atoms with Crippen LogP contribution in [0.1, 0.15) is 43.6 Å². The molecule has 48 heavy (non-hydrogen) atoms. The molecule has 0 fully saturated rings. The Morgan fingerprint density at radius 3 is 1.60 bits per heavy atom. The fourth-order valence-corrected chi connectivity index (χ4v) is 4.38. The molecule has 0 saturated carbocycles. The molecule has 256 valence electrons. The summed E-state index contributed by atoms with van der Waals surface area (Å²) in [6, 6.07) is 15.1. The van der Waals surface area contributed by atoms with E-state index in [1.54, 1.807) is 72.8 Å². The molecule has 0 aliphatic heterocycles. The van der Waals surface area contributed by atoms with E-state index in [0.29, 0.717) is 28.6 Å². The van der Waals surface area contributed by atoms with Crippen LogP contribution >= 0.6 is 0 Å². The van der Waals surface area contributed by atoms with Crippen molar-refractivity contribution in [2.24, 2.45) is 0 Å². The van der Waals surface area contributed by atoms with E-state index in [1.165, 1.54) is 48.2 Å². The summed E-state index contributed by atoms with van der Waals surface area (Å²) >= 11 is 0. The Kier molecular flexibility index (Phi) is 14.2. The number of phenolic OH excluding ortho intramolecular Hbond substituents is 1. The van der Waals surface area contributed by atoms with Crippen LogP contribution in [0.4, 0.5) is 0 Å². The van der Waals surface area contributed by atoms with Gasteiger partial charge in [-0.3, -0.25) is 14.4 Å². The minimum absolute atomic E-state index is 0.0843. The molecule has 3 aromatic carbocycles. The first kappa shape index (κ1) is 36.8. The second-order valence-electron chi connectivity index (χ2n) is 10.2. The number of carbonyl (C=O) groups is 3. The highest BCUT2D eigenvalue weighted by Gasteiger charge is 2.31. The van der Waals surface area contributed by atoms with Crippen LogP contribution in [-0.2, 0) is 28.6 Å². The number of hydrogen-bond donors (Lipinski definition) is 1. The molecule has 0 heterocycles. The molecular weight excluding hydrogens is 624 g/mol. The minimum atomic E-state index is -0.963. The first-order valence-corrected chi connectivity index (χ1v) is 14.8. The monoisotopic (exact) mass is 664 g/mol. The number of aromatic hydroxyl groups is 1. The van der Waals surface area contributed by atoms with Crippen LogP contribution in [0.25, 0.3) is 12.2 Å². The average Bonchev–Trinajstić information content (AvgIpc) is 3.06. The van der Waals surface area contributed by atoms with Crippen molar-refractivity contribution >= 4 is 30.1 Å². The van der Waals surface area contributed by atoms with E-state index in [9.17, 15) is 19.5 Å². The smallest absolute Gasteiger partial charge is 0.302 e. The van der Waals surface area contributed by atoms with Gasteiger partial charge in [0.05, 0.1) is 21.3 Å². The third-order valence-corrected chi connectivity index (χ3v) is 6.61. The quantitative estimate of drug-likeness (QED) is 0.140. The van der Waals surface area contributed by atoms with Gasteiger partial charge in [0.15, 0.2) is 46.7 Å². The molecule has 0 amide bonds. The van der Waals surface area contributed by atoms with E-state index >= 15 is 0 Å². The normalized spacial score (nSPS) is 12.2. The zero-order valence-electron chi connectivity index (χ0n) is 27.7. The van der Waals surface area contributed by atoms with Gasteiger partial charge >= 0.3 is 17.9 Å². The van der Waals surface area contributed by atoms with Crippen molar-refractivity contribution in [2.75, 3.05) is 41.2 Å². The maximum absolute atomic E-state index is 12.0. The maximum Gasteiger partial charge on any atom is 0.302 e. The zero-order valence-corrected chi connectivity index (χ0v) is 27.7. The number of hydrogen-bond acceptors (Lipinski definition) is 12. The highest BCUT2D eigenvalue weighted by atomic mass is 16.6. The summed E-state index contributed by atoms with van der Waals surface area (Å²) in [5, 5.41) is 10.3. The summed E-state index contributed by atoms with van der Waals surface area (Å²) in [6.07, 6.45) is 5.00. The molecule has 12 nitrogen and oxygen atoms in total. The summed E-state index contributed by atoms with van der Waals surface area (Å²) < 4.78 is 45.0. The molecule has 2 atom stereocenters. The number of rotatable bonds is 17. The van der Waals surface area contributed by atoms with Gasteiger partial charge in [0.2, 0.25) is 0 Å². The Labute approximate surface area is 279 Å². The SMILES string of the molecule is COc1cc([C@H](Oc2ccc(/C=C/COC(C)=O)cc2OC)[C@H](COC(C)=O)Oc2ccc(/C=C/COC(C)=O)cc2OC)ccc1O. The largest absolute Gasteiger partial charge is 0.504 e. The van der Waals surface area contributed by atoms with Crippen LogP contribution in [0.5, 0.6) is 34.5 Å². The van der Waals surface area contributed by atoms with Crippen LogP contribution in [0.3, 0.4) is 0 Å². The Balaban J connectivity index is 2.04. The Morgan fingerprint density at radius 2 is 1.12 bits per heavy atom. The number of methoxy groups -OCH3 is 3. The lowest BCUT2D eigenvalue weighted by atomic mass is 10.0. The van der Waals surface area contributed by atoms with Crippen molar-refractivity contribution in [3.05, 3.63) is 83.4 Å². The molecule has 0 unspecified atom stereocenters. The Morgan fingerprint density at radius 1 is 0.625 bits per heavy atom. The van der Waals surface area contributed by atoms with Crippen molar-refractivity contribution < 1.29 is 57.4 Å². The van der Waals surface area contributed by atoms with Gasteiger partial charge < -0.3 is 43.0 Å². The summed E-state index contributed by atoms with van der Waals surface area (Å²) in [6.45, 7) is 3.95. The van der Waals surface area contributed by atoms with Gasteiger partial charge in [-0.25, -0.2) is 0 Å². The lowest BCUT2D eigenvalue weighted by molar-refractivity contribution is -0.145. The van der Waals surface area contributed by atoms with E-state index in [2.05, 4.69) is 0 Å². The maximum atomic E-state index is 12.0. The summed E-state index contributed by atoms with van der Waals surface area (Å²) in [5.74, 6) is 0.225. The molecule has 0 aromatic heterocycles. The topological polar surface area (TPSA) is 145 Å². The van der Waals surface area contributed by atoms with Crippen LogP contribution in [0.2, 0.25) is 0 Å². The summed E-state index contributed by atoms with van der Waals surface area (Å²) in [5.41, 5.74) is 2.04. The van der Waals surface area contributed by atoms with E-state index in [4.69, 9.17) is 37.9 Å². The van der Waals surface area contributed by atoms with E-state index in [1.807, 2.05) is 0 Å². The summed E-state index contributed by atoms with van der Waals surface area (Å²) in [4.78, 5) is 34.1. The van der Waals surface area contributed by atoms with Crippen LogP contribution < -0.4 is 23.7 Å². The summed E-state index contributed by atoms with van der Waals surface area (Å²) in [7, 11) is 4.40. The lowest BCUT2D eigenvalue weighted by Gasteiger charge is -2.30. The second kappa shape index (κ2) is 18.5. The first-order chi connectivity index (χ1) is 23.0. The average molecular weight is 665 g/mol. The zero-order chi connectivity index (χ0) is 35.1. The molecule has 0 aliphatic carbocycles. The number of benzene rings is 3. The predicted octanol–water partition coefficient (Wildman–Crippen LogP) is 5.70. The number of ether oxygens (including phenoxy) is 8. The van der Waals surface area contributed by atoms with Gasteiger partial charge in [0, 0.05) is 26.3 Å². The first-order valence-electron chi connectivity index (χ1n) is 14.8. The molecule has 0 aliphatic rings. The fraction of sp³-hybridized carbons (Fsp3) is 0.306. The van der Waals surface area contributed by atoms with E-state index in [-0.39, 0.29) is 43.3 Å². The Hall–Kier alpha value is -5.65. The molecular formula is C36H40O12. The molecule has 0 spiro atoms. The molecule has 0 radical (unpaired) electrons. The molecule has 12 heteroatoms. The van der Waals surface area contributed by atoms with Gasteiger partial charge in [-0.1, -0.05) is 30.4 Å². The van der Waals surface area contributed by atoms with Crippen LogP contribution in [0.15, 0.2) is 66.7 Å². The molecule has 0 saturated heterocycles. The van der Waals surface area contributed by atoms with Gasteiger partial charge in [-0.2, -0.15) is 0 Å². The highest BCUT2D eigenvalue weighted by Crippen LogP contribution is 2.39. The van der Waals surface area contributed by atoms with Crippen molar-refractivity contribution in [3.63, 3.8) is 0 Å². The number of carbonyl (C=O) groups excluding carboxylic acids is 3.